The van der Waals surface area contributed by atoms with Gasteiger partial charge in [0.1, 0.15) is 0 Å². The van der Waals surface area contributed by atoms with Crippen LogP contribution in [0.5, 0.6) is 0 Å². The minimum absolute atomic E-state index is 0.0618. The number of hydrogen-bond donors (Lipinski definition) is 2. The lowest BCUT2D eigenvalue weighted by molar-refractivity contribution is -0.141. The second-order valence-corrected chi connectivity index (χ2v) is 6.21. The summed E-state index contributed by atoms with van der Waals surface area (Å²) >= 11 is 0. The number of carbonyl (C=O) groups excluding carboxylic acids is 1. The fourth-order valence-electron chi connectivity index (χ4n) is 2.43. The van der Waals surface area contributed by atoms with Crippen LogP contribution in [0.2, 0.25) is 0 Å². The van der Waals surface area contributed by atoms with E-state index in [9.17, 15) is 9.59 Å². The molecule has 0 radical (unpaired) electrons. The highest BCUT2D eigenvalue weighted by molar-refractivity contribution is 5.75. The fourth-order valence-corrected chi connectivity index (χ4v) is 2.43. The number of morpholine rings is 1. The van der Waals surface area contributed by atoms with E-state index in [-0.39, 0.29) is 18.5 Å². The minimum atomic E-state index is -0.899. The molecule has 2 atom stereocenters. The number of aliphatic carboxylic acids is 1. The Labute approximate surface area is 126 Å². The summed E-state index contributed by atoms with van der Waals surface area (Å²) in [5.74, 6) is -0.215. The number of nitrogens with one attached hydrogen (secondary N) is 1. The van der Waals surface area contributed by atoms with Gasteiger partial charge in [0.2, 0.25) is 0 Å². The van der Waals surface area contributed by atoms with Crippen molar-refractivity contribution in [2.45, 2.75) is 58.6 Å². The standard InChI is InChI=1S/C15H28N2O4/c1-11(2)5-4-6-12(3)16-15(20)17-7-8-21-13(10-17)9-14(18)19/h11-13H,4-10H2,1-3H3,(H,16,20)(H,18,19). The Hall–Kier alpha value is -1.30. The monoisotopic (exact) mass is 300 g/mol. The van der Waals surface area contributed by atoms with Gasteiger partial charge in [-0.05, 0) is 19.3 Å². The third-order valence-corrected chi connectivity index (χ3v) is 3.62. The average molecular weight is 300 g/mol. The second kappa shape index (κ2) is 8.87. The topological polar surface area (TPSA) is 78.9 Å². The smallest absolute Gasteiger partial charge is 0.317 e. The summed E-state index contributed by atoms with van der Waals surface area (Å²) in [7, 11) is 0. The Kier molecular flexibility index (Phi) is 7.50. The highest BCUT2D eigenvalue weighted by Crippen LogP contribution is 2.11. The summed E-state index contributed by atoms with van der Waals surface area (Å²) in [6, 6.07) is 0.0164. The van der Waals surface area contributed by atoms with E-state index in [2.05, 4.69) is 19.2 Å². The van der Waals surface area contributed by atoms with Gasteiger partial charge in [0.15, 0.2) is 0 Å². The molecule has 0 aliphatic carbocycles. The molecule has 0 aromatic carbocycles. The molecule has 1 aliphatic heterocycles. The molecular weight excluding hydrogens is 272 g/mol. The number of hydrogen-bond acceptors (Lipinski definition) is 3. The van der Waals surface area contributed by atoms with Crippen molar-refractivity contribution in [2.75, 3.05) is 19.7 Å². The zero-order chi connectivity index (χ0) is 15.8. The van der Waals surface area contributed by atoms with Gasteiger partial charge in [0.25, 0.3) is 0 Å². The number of carboxylic acid groups (broad SMARTS) is 1. The van der Waals surface area contributed by atoms with Crippen LogP contribution in [0.3, 0.4) is 0 Å². The predicted octanol–water partition coefficient (Wildman–Crippen LogP) is 2.09. The van der Waals surface area contributed by atoms with Gasteiger partial charge in [-0.1, -0.05) is 26.7 Å². The molecule has 1 aliphatic rings. The SMILES string of the molecule is CC(C)CCCC(C)NC(=O)N1CCOC(CC(=O)O)C1. The van der Waals surface area contributed by atoms with Gasteiger partial charge in [-0.3, -0.25) is 4.79 Å². The Morgan fingerprint density at radius 3 is 2.67 bits per heavy atom. The van der Waals surface area contributed by atoms with E-state index in [0.717, 1.165) is 12.8 Å². The molecule has 6 heteroatoms. The minimum Gasteiger partial charge on any atom is -0.481 e. The normalized spacial score (nSPS) is 20.4. The van der Waals surface area contributed by atoms with Crippen molar-refractivity contribution in [3.63, 3.8) is 0 Å². The molecule has 2 amide bonds. The molecule has 0 aromatic heterocycles. The number of urea groups is 1. The second-order valence-electron chi connectivity index (χ2n) is 6.21. The van der Waals surface area contributed by atoms with Crippen molar-refractivity contribution >= 4 is 12.0 Å². The van der Waals surface area contributed by atoms with E-state index < -0.39 is 12.1 Å². The molecule has 0 aromatic rings. The molecule has 122 valence electrons. The molecule has 2 unspecified atom stereocenters. The molecule has 6 nitrogen and oxygen atoms in total. The molecule has 1 fully saturated rings. The first-order chi connectivity index (χ1) is 9.88. The van der Waals surface area contributed by atoms with Crippen LogP contribution in [0, 0.1) is 5.92 Å². The summed E-state index contributed by atoms with van der Waals surface area (Å²) < 4.78 is 5.36. The molecule has 0 saturated carbocycles. The third-order valence-electron chi connectivity index (χ3n) is 3.62. The summed E-state index contributed by atoms with van der Waals surface area (Å²) in [5.41, 5.74) is 0. The van der Waals surface area contributed by atoms with E-state index in [1.165, 1.54) is 6.42 Å². The summed E-state index contributed by atoms with van der Waals surface area (Å²) in [4.78, 5) is 24.5. The maximum Gasteiger partial charge on any atom is 0.317 e. The van der Waals surface area contributed by atoms with Gasteiger partial charge >= 0.3 is 12.0 Å². The van der Waals surface area contributed by atoms with Gasteiger partial charge in [0.05, 0.1) is 19.1 Å². The Balaban J connectivity index is 2.31. The maximum atomic E-state index is 12.1. The van der Waals surface area contributed by atoms with E-state index in [4.69, 9.17) is 9.84 Å². The Morgan fingerprint density at radius 1 is 1.33 bits per heavy atom. The number of carbonyl (C=O) groups is 2. The van der Waals surface area contributed by atoms with Crippen LogP contribution in [0.15, 0.2) is 0 Å². The molecule has 1 heterocycles. The van der Waals surface area contributed by atoms with Crippen LogP contribution in [-0.4, -0.2) is 53.8 Å². The summed E-state index contributed by atoms with van der Waals surface area (Å²) in [6.45, 7) is 7.65. The first kappa shape index (κ1) is 17.8. The first-order valence-electron chi connectivity index (χ1n) is 7.77. The van der Waals surface area contributed by atoms with Crippen molar-refractivity contribution in [1.82, 2.24) is 10.2 Å². The number of nitrogens with zero attached hydrogens (tertiary/aromatic N) is 1. The van der Waals surface area contributed by atoms with Gasteiger partial charge in [0, 0.05) is 19.1 Å². The van der Waals surface area contributed by atoms with Gasteiger partial charge in [-0.15, -0.1) is 0 Å². The number of carboxylic acids is 1. The molecule has 2 N–H and O–H groups in total. The quantitative estimate of drug-likeness (QED) is 0.754. The van der Waals surface area contributed by atoms with Crippen molar-refractivity contribution in [1.29, 1.82) is 0 Å². The van der Waals surface area contributed by atoms with Gasteiger partial charge in [-0.25, -0.2) is 4.79 Å². The Morgan fingerprint density at radius 2 is 2.05 bits per heavy atom. The van der Waals surface area contributed by atoms with Gasteiger partial charge in [-0.2, -0.15) is 0 Å². The molecule has 21 heavy (non-hydrogen) atoms. The van der Waals surface area contributed by atoms with Crippen LogP contribution in [0.25, 0.3) is 0 Å². The van der Waals surface area contributed by atoms with E-state index in [0.29, 0.717) is 25.6 Å². The van der Waals surface area contributed by atoms with Crippen LogP contribution in [-0.2, 0) is 9.53 Å². The maximum absolute atomic E-state index is 12.1. The largest absolute Gasteiger partial charge is 0.481 e. The molecule has 1 saturated heterocycles. The van der Waals surface area contributed by atoms with Crippen LogP contribution < -0.4 is 5.32 Å². The average Bonchev–Trinajstić information content (AvgIpc) is 2.37. The first-order valence-corrected chi connectivity index (χ1v) is 7.77. The highest BCUT2D eigenvalue weighted by atomic mass is 16.5. The lowest BCUT2D eigenvalue weighted by Gasteiger charge is -2.33. The van der Waals surface area contributed by atoms with Crippen molar-refractivity contribution in [3.8, 4) is 0 Å². The molecular formula is C15H28N2O4. The van der Waals surface area contributed by atoms with E-state index >= 15 is 0 Å². The Bertz CT molecular complexity index is 347. The number of ether oxygens (including phenoxy) is 1. The lowest BCUT2D eigenvalue weighted by atomic mass is 10.0. The molecule has 1 rings (SSSR count). The van der Waals surface area contributed by atoms with Crippen molar-refractivity contribution < 1.29 is 19.4 Å². The third kappa shape index (κ3) is 7.32. The van der Waals surface area contributed by atoms with E-state index in [1.54, 1.807) is 4.90 Å². The predicted molar refractivity (Wildman–Crippen MR) is 80.2 cm³/mol. The van der Waals surface area contributed by atoms with E-state index in [1.807, 2.05) is 6.92 Å². The van der Waals surface area contributed by atoms with Crippen LogP contribution in [0.4, 0.5) is 4.79 Å². The molecule has 0 bridgehead atoms. The zero-order valence-corrected chi connectivity index (χ0v) is 13.3. The number of amides is 2. The lowest BCUT2D eigenvalue weighted by Crippen LogP contribution is -2.51. The molecule has 0 spiro atoms. The van der Waals surface area contributed by atoms with Crippen molar-refractivity contribution in [3.05, 3.63) is 0 Å². The number of rotatable bonds is 7. The van der Waals surface area contributed by atoms with Crippen LogP contribution >= 0.6 is 0 Å². The highest BCUT2D eigenvalue weighted by Gasteiger charge is 2.26. The zero-order valence-electron chi connectivity index (χ0n) is 13.3. The summed E-state index contributed by atoms with van der Waals surface area (Å²) in [5, 5.41) is 11.8. The van der Waals surface area contributed by atoms with Crippen LogP contribution in [0.1, 0.15) is 46.5 Å². The van der Waals surface area contributed by atoms with Gasteiger partial charge < -0.3 is 20.1 Å². The summed E-state index contributed by atoms with van der Waals surface area (Å²) in [6.07, 6.45) is 2.77. The van der Waals surface area contributed by atoms with Crippen molar-refractivity contribution in [2.24, 2.45) is 5.92 Å². The fraction of sp³-hybridized carbons (Fsp3) is 0.867.